The Kier molecular flexibility index (Phi) is 4.40. The van der Waals surface area contributed by atoms with Crippen molar-refractivity contribution >= 4 is 5.69 Å². The number of ether oxygens (including phenoxy) is 2. The van der Waals surface area contributed by atoms with Crippen LogP contribution in [0, 0.1) is 10.1 Å². The molecule has 0 amide bonds. The van der Waals surface area contributed by atoms with Crippen LogP contribution in [0.5, 0.6) is 11.5 Å². The molecule has 0 aliphatic carbocycles. The zero-order valence-corrected chi connectivity index (χ0v) is 12.3. The average molecular weight is 317 g/mol. The van der Waals surface area contributed by atoms with Gasteiger partial charge in [-0.05, 0) is 23.8 Å². The van der Waals surface area contributed by atoms with E-state index in [4.69, 9.17) is 9.47 Å². The fourth-order valence-corrected chi connectivity index (χ4v) is 2.46. The van der Waals surface area contributed by atoms with Crippen LogP contribution in [-0.2, 0) is 6.54 Å². The minimum atomic E-state index is -0.760. The monoisotopic (exact) mass is 317 g/mol. The number of quaternary nitrogens is 1. The first-order valence-corrected chi connectivity index (χ1v) is 7.26. The number of nitrogens with zero attached hydrogens (tertiary/aromatic N) is 1. The van der Waals surface area contributed by atoms with Crippen LogP contribution in [0.4, 0.5) is 5.69 Å². The number of nitro benzene ring substituents is 1. The van der Waals surface area contributed by atoms with Crippen LogP contribution in [0.1, 0.15) is 17.2 Å². The molecule has 0 aromatic heterocycles. The second kappa shape index (κ2) is 6.64. The topological polar surface area (TPSA) is 98.4 Å². The maximum atomic E-state index is 10.8. The van der Waals surface area contributed by atoms with E-state index in [-0.39, 0.29) is 12.5 Å². The van der Waals surface area contributed by atoms with Gasteiger partial charge < -0.3 is 19.9 Å². The highest BCUT2D eigenvalue weighted by molar-refractivity contribution is 5.44. The summed E-state index contributed by atoms with van der Waals surface area (Å²) in [5.74, 6) is 1.47. The molecule has 0 radical (unpaired) electrons. The largest absolute Gasteiger partial charge is 0.454 e. The predicted molar refractivity (Wildman–Crippen MR) is 81.1 cm³/mol. The van der Waals surface area contributed by atoms with E-state index in [9.17, 15) is 15.2 Å². The molecule has 120 valence electrons. The van der Waals surface area contributed by atoms with Crippen LogP contribution in [-0.4, -0.2) is 23.4 Å². The molecule has 0 fully saturated rings. The second-order valence-electron chi connectivity index (χ2n) is 5.28. The number of fused-ring (bicyclic) bond motifs is 1. The lowest BCUT2D eigenvalue weighted by Gasteiger charge is -2.10. The average Bonchev–Trinajstić information content (AvgIpc) is 3.02. The van der Waals surface area contributed by atoms with Crippen LogP contribution in [0.2, 0.25) is 0 Å². The lowest BCUT2D eigenvalue weighted by atomic mass is 10.1. The molecule has 7 heteroatoms. The van der Waals surface area contributed by atoms with Crippen LogP contribution in [0.25, 0.3) is 0 Å². The number of rotatable bonds is 6. The molecule has 1 heterocycles. The zero-order chi connectivity index (χ0) is 16.2. The fraction of sp³-hybridized carbons (Fsp3) is 0.250. The van der Waals surface area contributed by atoms with Gasteiger partial charge in [-0.1, -0.05) is 12.1 Å². The van der Waals surface area contributed by atoms with Crippen molar-refractivity contribution in [2.45, 2.75) is 12.6 Å². The Bertz CT molecular complexity index is 719. The summed E-state index contributed by atoms with van der Waals surface area (Å²) in [7, 11) is 0. The van der Waals surface area contributed by atoms with E-state index in [2.05, 4.69) is 0 Å². The molecule has 1 atom stereocenters. The summed E-state index contributed by atoms with van der Waals surface area (Å²) in [5.41, 5.74) is 1.58. The fourth-order valence-electron chi connectivity index (χ4n) is 2.46. The highest BCUT2D eigenvalue weighted by atomic mass is 16.7. The van der Waals surface area contributed by atoms with Gasteiger partial charge in [-0.3, -0.25) is 10.1 Å². The molecule has 1 aliphatic heterocycles. The predicted octanol–water partition coefficient (Wildman–Crippen LogP) is 1.12. The second-order valence-corrected chi connectivity index (χ2v) is 5.28. The number of hydrogen-bond acceptors (Lipinski definition) is 5. The third-order valence-corrected chi connectivity index (χ3v) is 3.67. The summed E-state index contributed by atoms with van der Waals surface area (Å²) in [4.78, 5) is 10.3. The summed E-state index contributed by atoms with van der Waals surface area (Å²) >= 11 is 0. The number of aliphatic hydroxyl groups excluding tert-OH is 1. The maximum Gasteiger partial charge on any atom is 0.269 e. The third kappa shape index (κ3) is 3.58. The van der Waals surface area contributed by atoms with E-state index in [1.54, 1.807) is 12.1 Å². The summed E-state index contributed by atoms with van der Waals surface area (Å²) in [6.45, 7) is 1.33. The molecule has 2 aromatic carbocycles. The summed E-state index contributed by atoms with van der Waals surface area (Å²) < 4.78 is 10.6. The summed E-state index contributed by atoms with van der Waals surface area (Å²) in [6.07, 6.45) is -0.760. The van der Waals surface area contributed by atoms with Crippen molar-refractivity contribution in [3.63, 3.8) is 0 Å². The van der Waals surface area contributed by atoms with Crippen molar-refractivity contribution in [2.24, 2.45) is 0 Å². The molecule has 1 aliphatic rings. The molecular weight excluding hydrogens is 300 g/mol. The van der Waals surface area contributed by atoms with E-state index < -0.39 is 11.0 Å². The Balaban J connectivity index is 1.56. The molecule has 23 heavy (non-hydrogen) atoms. The first-order valence-electron chi connectivity index (χ1n) is 7.26. The molecule has 0 spiro atoms. The van der Waals surface area contributed by atoms with Gasteiger partial charge in [-0.2, -0.15) is 0 Å². The third-order valence-electron chi connectivity index (χ3n) is 3.67. The van der Waals surface area contributed by atoms with Gasteiger partial charge >= 0.3 is 0 Å². The number of benzene rings is 2. The van der Waals surface area contributed by atoms with Gasteiger partial charge in [0.05, 0.1) is 4.92 Å². The van der Waals surface area contributed by atoms with Crippen molar-refractivity contribution in [3.8, 4) is 11.5 Å². The standard InChI is InChI=1S/C16H16N2O5/c19-14(12-2-1-3-13(7-12)18(20)21)9-17-8-11-4-5-15-16(6-11)23-10-22-15/h1-7,14,17,19H,8-10H2/p+1/t14-/m0/s1. The van der Waals surface area contributed by atoms with E-state index in [1.165, 1.54) is 12.1 Å². The minimum Gasteiger partial charge on any atom is -0.454 e. The Labute approximate surface area is 132 Å². The number of aliphatic hydroxyl groups is 1. The molecular formula is C16H17N2O5+. The molecule has 0 bridgehead atoms. The Morgan fingerprint density at radius 3 is 2.87 bits per heavy atom. The number of nitrogens with two attached hydrogens (primary N) is 1. The number of hydrogen-bond donors (Lipinski definition) is 2. The Morgan fingerprint density at radius 2 is 2.04 bits per heavy atom. The summed E-state index contributed by atoms with van der Waals surface area (Å²) in [5, 5.41) is 22.9. The first-order chi connectivity index (χ1) is 11.1. The van der Waals surface area contributed by atoms with Crippen molar-refractivity contribution in [2.75, 3.05) is 13.3 Å². The number of non-ortho nitro benzene ring substituents is 1. The zero-order valence-electron chi connectivity index (χ0n) is 12.3. The van der Waals surface area contributed by atoms with Gasteiger partial charge in [0.2, 0.25) is 6.79 Å². The highest BCUT2D eigenvalue weighted by Crippen LogP contribution is 2.32. The first kappa shape index (κ1) is 15.3. The van der Waals surface area contributed by atoms with Crippen molar-refractivity contribution < 1.29 is 24.8 Å². The van der Waals surface area contributed by atoms with Gasteiger partial charge in [0.25, 0.3) is 5.69 Å². The normalized spacial score (nSPS) is 13.8. The van der Waals surface area contributed by atoms with Gasteiger partial charge in [-0.15, -0.1) is 0 Å². The molecule has 0 unspecified atom stereocenters. The molecule has 3 N–H and O–H groups in total. The maximum absolute atomic E-state index is 10.8. The highest BCUT2D eigenvalue weighted by Gasteiger charge is 2.16. The van der Waals surface area contributed by atoms with E-state index in [1.807, 2.05) is 23.5 Å². The van der Waals surface area contributed by atoms with Crippen molar-refractivity contribution in [1.82, 2.24) is 0 Å². The van der Waals surface area contributed by atoms with Crippen molar-refractivity contribution in [3.05, 3.63) is 63.7 Å². The van der Waals surface area contributed by atoms with Crippen LogP contribution < -0.4 is 14.8 Å². The Morgan fingerprint density at radius 1 is 1.22 bits per heavy atom. The SMILES string of the molecule is O=[N+]([O-])c1cccc([C@@H](O)C[NH2+]Cc2ccc3c(c2)OCO3)c1. The van der Waals surface area contributed by atoms with Crippen molar-refractivity contribution in [1.29, 1.82) is 0 Å². The smallest absolute Gasteiger partial charge is 0.269 e. The van der Waals surface area contributed by atoms with E-state index in [0.717, 1.165) is 17.1 Å². The molecule has 2 aromatic rings. The van der Waals surface area contributed by atoms with Crippen LogP contribution in [0.3, 0.4) is 0 Å². The quantitative estimate of drug-likeness (QED) is 0.614. The molecule has 7 nitrogen and oxygen atoms in total. The van der Waals surface area contributed by atoms with Gasteiger partial charge in [0.1, 0.15) is 19.2 Å². The van der Waals surface area contributed by atoms with E-state index in [0.29, 0.717) is 18.7 Å². The lowest BCUT2D eigenvalue weighted by Crippen LogP contribution is -2.83. The Hall–Kier alpha value is -2.64. The van der Waals surface area contributed by atoms with Gasteiger partial charge in [-0.25, -0.2) is 0 Å². The van der Waals surface area contributed by atoms with Gasteiger partial charge in [0.15, 0.2) is 11.5 Å². The van der Waals surface area contributed by atoms with E-state index >= 15 is 0 Å². The van der Waals surface area contributed by atoms with Crippen LogP contribution >= 0.6 is 0 Å². The molecule has 0 saturated carbocycles. The van der Waals surface area contributed by atoms with Gasteiger partial charge in [0, 0.05) is 17.7 Å². The minimum absolute atomic E-state index is 0.0164. The molecule has 3 rings (SSSR count). The molecule has 0 saturated heterocycles. The lowest BCUT2D eigenvalue weighted by molar-refractivity contribution is -0.677. The summed E-state index contributed by atoms with van der Waals surface area (Å²) in [6, 6.07) is 11.8. The number of nitro groups is 1. The van der Waals surface area contributed by atoms with Crippen LogP contribution in [0.15, 0.2) is 42.5 Å².